The highest BCUT2D eigenvalue weighted by atomic mass is 35.5. The summed E-state index contributed by atoms with van der Waals surface area (Å²) in [6.45, 7) is 16.9. The Kier molecular flexibility index (Phi) is 74.3. The first-order valence-electron chi connectivity index (χ1n) is 39.7. The van der Waals surface area contributed by atoms with Crippen molar-refractivity contribution in [1.29, 1.82) is 0 Å². The second-order valence-electron chi connectivity index (χ2n) is 28.5. The van der Waals surface area contributed by atoms with Crippen molar-refractivity contribution in [1.82, 2.24) is 4.90 Å². The quantitative estimate of drug-likeness (QED) is 0.0464. The normalized spacial score (nSPS) is 11.7. The summed E-state index contributed by atoms with van der Waals surface area (Å²) in [5, 5.41) is 0. The second-order valence-corrected chi connectivity index (χ2v) is 28.5. The van der Waals surface area contributed by atoms with Crippen LogP contribution in [0.2, 0.25) is 0 Å². The number of benzene rings is 1. The van der Waals surface area contributed by atoms with E-state index in [-0.39, 0.29) is 24.8 Å². The molecule has 1 aromatic carbocycles. The van der Waals surface area contributed by atoms with E-state index in [4.69, 9.17) is 0 Å². The summed E-state index contributed by atoms with van der Waals surface area (Å²) >= 11 is 0. The second kappa shape index (κ2) is 72.8. The molecule has 0 N–H and O–H groups in total. The summed E-state index contributed by atoms with van der Waals surface area (Å²) in [5.74, 6) is 0. The van der Waals surface area contributed by atoms with Crippen molar-refractivity contribution in [3.05, 3.63) is 35.4 Å². The van der Waals surface area contributed by atoms with Crippen molar-refractivity contribution in [3.8, 4) is 0 Å². The van der Waals surface area contributed by atoms with Crippen LogP contribution in [0, 0.1) is 0 Å². The molecule has 0 heterocycles. The van der Waals surface area contributed by atoms with Gasteiger partial charge in [0, 0.05) is 12.1 Å². The van der Waals surface area contributed by atoms with E-state index in [1.807, 2.05) is 0 Å². The van der Waals surface area contributed by atoms with Crippen molar-refractivity contribution in [2.24, 2.45) is 0 Å². The van der Waals surface area contributed by atoms with Gasteiger partial charge in [0.2, 0.25) is 0 Å². The molecule has 0 aliphatic rings. The molecule has 2 nitrogen and oxygen atoms in total. The fourth-order valence-electron chi connectivity index (χ4n) is 13.8. The molecule has 0 spiro atoms. The lowest BCUT2D eigenvalue weighted by atomic mass is 10.0. The predicted molar refractivity (Wildman–Crippen MR) is 387 cm³/mol. The first-order chi connectivity index (χ1) is 41.1. The van der Waals surface area contributed by atoms with Crippen LogP contribution in [-0.2, 0) is 13.1 Å². The molecule has 1 aromatic rings. The van der Waals surface area contributed by atoms with Gasteiger partial charge in [0.25, 0.3) is 0 Å². The fraction of sp³-hybridized carbons (Fsp3) is 0.926. The van der Waals surface area contributed by atoms with E-state index in [1.54, 1.807) is 11.1 Å². The topological polar surface area (TPSA) is 3.24 Å². The van der Waals surface area contributed by atoms with Gasteiger partial charge in [0.15, 0.2) is 0 Å². The van der Waals surface area contributed by atoms with Crippen LogP contribution < -0.4 is 12.4 Å². The fourth-order valence-corrected chi connectivity index (χ4v) is 13.8. The SMILES string of the molecule is CCCCCCCCCCCCCCCCCCN(CCCCCCCCCCCCCCCCCC)Cc1ccc(C[N+](C)(CCCCCCCCCCCCCCCCCC)CCCCCCCCCCCCCCCCCC)cc1.Cl.[Cl-]. The van der Waals surface area contributed by atoms with Crippen LogP contribution in [0.4, 0.5) is 0 Å². The molecule has 4 heteroatoms. The molecule has 0 unspecified atom stereocenters. The molecule has 1 rings (SSSR count). The highest BCUT2D eigenvalue weighted by Gasteiger charge is 2.22. The molecule has 0 saturated heterocycles. The van der Waals surface area contributed by atoms with E-state index in [0.717, 1.165) is 6.54 Å². The number of hydrogen-bond donors (Lipinski definition) is 0. The molecule has 0 aliphatic heterocycles. The van der Waals surface area contributed by atoms with Crippen LogP contribution in [0.3, 0.4) is 0 Å². The number of unbranched alkanes of at least 4 members (excludes halogenated alkanes) is 60. The minimum Gasteiger partial charge on any atom is -1.00 e. The predicted octanol–water partition coefficient (Wildman–Crippen LogP) is 25.9. The van der Waals surface area contributed by atoms with Gasteiger partial charge in [-0.05, 0) is 57.2 Å². The lowest BCUT2D eigenvalue weighted by Crippen LogP contribution is -3.00. The number of rotatable bonds is 72. The third kappa shape index (κ3) is 65.0. The Morgan fingerprint density at radius 1 is 0.235 bits per heavy atom. The molecule has 0 atom stereocenters. The summed E-state index contributed by atoms with van der Waals surface area (Å²) < 4.78 is 1.24. The van der Waals surface area contributed by atoms with Crippen LogP contribution >= 0.6 is 12.4 Å². The van der Waals surface area contributed by atoms with E-state index in [9.17, 15) is 0 Å². The van der Waals surface area contributed by atoms with E-state index in [1.165, 1.54) is 448 Å². The Bertz CT molecular complexity index is 1260. The number of nitrogens with zero attached hydrogens (tertiary/aromatic N) is 2. The summed E-state index contributed by atoms with van der Waals surface area (Å²) in [4.78, 5) is 2.86. The zero-order valence-corrected chi connectivity index (χ0v) is 61.1. The lowest BCUT2D eigenvalue weighted by Gasteiger charge is -2.35. The first kappa shape index (κ1) is 86.8. The molecule has 0 fully saturated rings. The Morgan fingerprint density at radius 3 is 0.600 bits per heavy atom. The Hall–Kier alpha value is -0.280. The van der Waals surface area contributed by atoms with Crippen molar-refractivity contribution >= 4 is 12.4 Å². The summed E-state index contributed by atoms with van der Waals surface area (Å²) in [5.41, 5.74) is 3.12. The first-order valence-corrected chi connectivity index (χ1v) is 39.7. The number of quaternary nitrogens is 1. The molecule has 0 aliphatic carbocycles. The third-order valence-corrected chi connectivity index (χ3v) is 19.8. The van der Waals surface area contributed by atoms with Gasteiger partial charge in [-0.15, -0.1) is 12.4 Å². The van der Waals surface area contributed by atoms with E-state index < -0.39 is 0 Å². The van der Waals surface area contributed by atoms with E-state index in [0.29, 0.717) is 0 Å². The molecule has 0 saturated carbocycles. The van der Waals surface area contributed by atoms with E-state index >= 15 is 0 Å². The maximum Gasteiger partial charge on any atom is 0.104 e. The molecule has 0 aromatic heterocycles. The van der Waals surface area contributed by atoms with Crippen LogP contribution in [0.5, 0.6) is 0 Å². The van der Waals surface area contributed by atoms with Gasteiger partial charge in [-0.25, -0.2) is 0 Å². The summed E-state index contributed by atoms with van der Waals surface area (Å²) in [7, 11) is 2.63. The van der Waals surface area contributed by atoms with Crippen LogP contribution in [0.15, 0.2) is 24.3 Å². The van der Waals surface area contributed by atoms with Crippen molar-refractivity contribution in [3.63, 3.8) is 0 Å². The van der Waals surface area contributed by atoms with Gasteiger partial charge in [0.1, 0.15) is 6.54 Å². The molecule has 0 bridgehead atoms. The van der Waals surface area contributed by atoms with Gasteiger partial charge in [-0.2, -0.15) is 0 Å². The van der Waals surface area contributed by atoms with Crippen LogP contribution in [-0.4, -0.2) is 42.6 Å². The van der Waals surface area contributed by atoms with Crippen molar-refractivity contribution in [2.45, 2.75) is 452 Å². The number of hydrogen-bond acceptors (Lipinski definition) is 1. The van der Waals surface area contributed by atoms with Crippen LogP contribution in [0.25, 0.3) is 0 Å². The maximum absolute atomic E-state index is 2.86. The van der Waals surface area contributed by atoms with Crippen molar-refractivity contribution in [2.75, 3.05) is 33.2 Å². The largest absolute Gasteiger partial charge is 1.00 e. The Balaban J connectivity index is 0. The maximum atomic E-state index is 2.86. The monoisotopic (exact) mass is 1230 g/mol. The highest BCUT2D eigenvalue weighted by molar-refractivity contribution is 5.85. The summed E-state index contributed by atoms with van der Waals surface area (Å²) in [6.07, 6.45) is 92.9. The minimum atomic E-state index is 0. The van der Waals surface area contributed by atoms with E-state index in [2.05, 4.69) is 63.9 Å². The average molecular weight is 1230 g/mol. The third-order valence-electron chi connectivity index (χ3n) is 19.8. The van der Waals surface area contributed by atoms with Gasteiger partial charge in [-0.3, -0.25) is 4.90 Å². The smallest absolute Gasteiger partial charge is 0.104 e. The molecular formula is C81H160Cl2N2. The Morgan fingerprint density at radius 2 is 0.400 bits per heavy atom. The Labute approximate surface area is 551 Å². The average Bonchev–Trinajstić information content (AvgIpc) is 3.69. The number of halogens is 2. The molecule has 508 valence electrons. The lowest BCUT2D eigenvalue weighted by molar-refractivity contribution is -0.923. The standard InChI is InChI=1S/C81H159N2.2ClH/c1-6-10-14-18-22-26-30-34-38-42-46-50-54-58-62-66-74-82(75-67-63-59-55-51-47-43-39-35-31-27-23-19-15-11-7-2)78-80-70-72-81(73-71-80)79-83(5,76-68-64-60-56-52-48-44-40-36-32-28-24-20-16-12-8-3)77-69-65-61-57-53-49-45-41-37-33-29-25-21-17-13-9-4;;/h70-73H,6-69,74-79H2,1-5H3;2*1H/q+1;;/p-1. The van der Waals surface area contributed by atoms with Gasteiger partial charge in [-0.1, -0.05) is 424 Å². The summed E-state index contributed by atoms with van der Waals surface area (Å²) in [6, 6.07) is 10.2. The van der Waals surface area contributed by atoms with Gasteiger partial charge < -0.3 is 16.9 Å². The zero-order valence-electron chi connectivity index (χ0n) is 59.5. The molecule has 0 amide bonds. The zero-order chi connectivity index (χ0) is 59.6. The molecule has 85 heavy (non-hydrogen) atoms. The molecule has 0 radical (unpaired) electrons. The van der Waals surface area contributed by atoms with Crippen molar-refractivity contribution < 1.29 is 16.9 Å². The highest BCUT2D eigenvalue weighted by Crippen LogP contribution is 2.23. The van der Waals surface area contributed by atoms with Gasteiger partial charge in [0.05, 0.1) is 20.1 Å². The van der Waals surface area contributed by atoms with Gasteiger partial charge >= 0.3 is 0 Å². The minimum absolute atomic E-state index is 0. The molecular weight excluding hydrogens is 1070 g/mol. The van der Waals surface area contributed by atoms with Crippen LogP contribution in [0.1, 0.15) is 450 Å².